The Morgan fingerprint density at radius 3 is 2.36 bits per heavy atom. The van der Waals surface area contributed by atoms with E-state index in [2.05, 4.69) is 10.6 Å². The Labute approximate surface area is 127 Å². The molecule has 0 spiro atoms. The van der Waals surface area contributed by atoms with Crippen molar-refractivity contribution >= 4 is 23.5 Å². The summed E-state index contributed by atoms with van der Waals surface area (Å²) in [5, 5.41) is 14.2. The number of carboxylic acid groups (broad SMARTS) is 1. The molecule has 0 aliphatic carbocycles. The number of carboxylic acids is 1. The second-order valence-corrected chi connectivity index (χ2v) is 5.12. The van der Waals surface area contributed by atoms with E-state index in [0.717, 1.165) is 5.56 Å². The van der Waals surface area contributed by atoms with E-state index in [9.17, 15) is 14.4 Å². The van der Waals surface area contributed by atoms with Gasteiger partial charge in [0.25, 0.3) is 5.91 Å². The standard InChI is InChI=1S/C15H18N2O5/c1-9(18)16-8-10-2-4-11(5-3-10)17-14(19)12-6-7-13(22-12)15(20)21/h2-5,12-13H,6-8H2,1H3,(H,16,18)(H,17,19)(H,20,21)/t12-,13+/m0/s1. The molecule has 2 rings (SSSR count). The quantitative estimate of drug-likeness (QED) is 0.749. The van der Waals surface area contributed by atoms with E-state index in [0.29, 0.717) is 25.1 Å². The lowest BCUT2D eigenvalue weighted by Crippen LogP contribution is -2.29. The van der Waals surface area contributed by atoms with Crippen molar-refractivity contribution in [1.82, 2.24) is 5.32 Å². The second-order valence-electron chi connectivity index (χ2n) is 5.12. The van der Waals surface area contributed by atoms with Gasteiger partial charge in [-0.3, -0.25) is 9.59 Å². The SMILES string of the molecule is CC(=O)NCc1ccc(NC(=O)[C@@H]2CC[C@H](C(=O)O)O2)cc1. The van der Waals surface area contributed by atoms with E-state index in [1.165, 1.54) is 6.92 Å². The summed E-state index contributed by atoms with van der Waals surface area (Å²) in [5.74, 6) is -1.50. The van der Waals surface area contributed by atoms with Gasteiger partial charge in [0.15, 0.2) is 6.10 Å². The molecule has 7 nitrogen and oxygen atoms in total. The summed E-state index contributed by atoms with van der Waals surface area (Å²) in [7, 11) is 0. The van der Waals surface area contributed by atoms with Crippen LogP contribution in [0.1, 0.15) is 25.3 Å². The number of carbonyl (C=O) groups excluding carboxylic acids is 2. The van der Waals surface area contributed by atoms with Crippen molar-refractivity contribution < 1.29 is 24.2 Å². The highest BCUT2D eigenvalue weighted by molar-refractivity contribution is 5.94. The summed E-state index contributed by atoms with van der Waals surface area (Å²) in [6, 6.07) is 7.03. The van der Waals surface area contributed by atoms with Crippen LogP contribution in [0.25, 0.3) is 0 Å². The number of aliphatic carboxylic acids is 1. The van der Waals surface area contributed by atoms with Gasteiger partial charge in [-0.05, 0) is 30.5 Å². The molecule has 1 aliphatic heterocycles. The molecular weight excluding hydrogens is 288 g/mol. The highest BCUT2D eigenvalue weighted by Gasteiger charge is 2.34. The lowest BCUT2D eigenvalue weighted by atomic mass is 10.1. The monoisotopic (exact) mass is 306 g/mol. The molecule has 0 bridgehead atoms. The Morgan fingerprint density at radius 2 is 1.82 bits per heavy atom. The van der Waals surface area contributed by atoms with Crippen LogP contribution in [0, 0.1) is 0 Å². The van der Waals surface area contributed by atoms with Crippen LogP contribution in [0.4, 0.5) is 5.69 Å². The topological polar surface area (TPSA) is 105 Å². The van der Waals surface area contributed by atoms with Crippen molar-refractivity contribution in [1.29, 1.82) is 0 Å². The predicted molar refractivity (Wildman–Crippen MR) is 78.1 cm³/mol. The third kappa shape index (κ3) is 4.29. The Bertz CT molecular complexity index is 570. The summed E-state index contributed by atoms with van der Waals surface area (Å²) in [6.45, 7) is 1.87. The number of amides is 2. The molecule has 1 aromatic rings. The van der Waals surface area contributed by atoms with E-state index >= 15 is 0 Å². The number of carbonyl (C=O) groups is 3. The molecule has 2 amide bonds. The number of rotatable bonds is 5. The number of hydrogen-bond acceptors (Lipinski definition) is 4. The Morgan fingerprint density at radius 1 is 1.18 bits per heavy atom. The average Bonchev–Trinajstić information content (AvgIpc) is 2.96. The van der Waals surface area contributed by atoms with Crippen molar-refractivity contribution in [2.45, 2.75) is 38.5 Å². The van der Waals surface area contributed by atoms with Crippen molar-refractivity contribution in [3.63, 3.8) is 0 Å². The lowest BCUT2D eigenvalue weighted by molar-refractivity contribution is -0.150. The van der Waals surface area contributed by atoms with Gasteiger partial charge in [-0.1, -0.05) is 12.1 Å². The summed E-state index contributed by atoms with van der Waals surface area (Å²) in [4.78, 5) is 33.6. The van der Waals surface area contributed by atoms with E-state index in [4.69, 9.17) is 9.84 Å². The van der Waals surface area contributed by atoms with Crippen LogP contribution in [0.3, 0.4) is 0 Å². The largest absolute Gasteiger partial charge is 0.479 e. The van der Waals surface area contributed by atoms with Gasteiger partial charge >= 0.3 is 5.97 Å². The fraction of sp³-hybridized carbons (Fsp3) is 0.400. The fourth-order valence-electron chi connectivity index (χ4n) is 2.17. The maximum atomic E-state index is 12.0. The first-order valence-corrected chi connectivity index (χ1v) is 6.98. The van der Waals surface area contributed by atoms with Gasteiger partial charge in [0.1, 0.15) is 6.10 Å². The molecule has 3 N–H and O–H groups in total. The Hall–Kier alpha value is -2.41. The lowest BCUT2D eigenvalue weighted by Gasteiger charge is -2.12. The normalized spacial score (nSPS) is 20.4. The van der Waals surface area contributed by atoms with E-state index < -0.39 is 18.2 Å². The molecule has 0 radical (unpaired) electrons. The minimum atomic E-state index is -1.04. The Balaban J connectivity index is 1.87. The van der Waals surface area contributed by atoms with Crippen LogP contribution in [-0.2, 0) is 25.7 Å². The summed E-state index contributed by atoms with van der Waals surface area (Å²) >= 11 is 0. The fourth-order valence-corrected chi connectivity index (χ4v) is 2.17. The first-order chi connectivity index (χ1) is 10.5. The van der Waals surface area contributed by atoms with E-state index in [1.54, 1.807) is 24.3 Å². The first kappa shape index (κ1) is 16.0. The molecule has 118 valence electrons. The maximum Gasteiger partial charge on any atom is 0.332 e. The molecule has 7 heteroatoms. The van der Waals surface area contributed by atoms with Gasteiger partial charge in [-0.2, -0.15) is 0 Å². The zero-order chi connectivity index (χ0) is 16.1. The van der Waals surface area contributed by atoms with E-state index in [-0.39, 0.29) is 11.8 Å². The molecule has 1 saturated heterocycles. The van der Waals surface area contributed by atoms with Gasteiger partial charge in [0.05, 0.1) is 0 Å². The van der Waals surface area contributed by atoms with Gasteiger partial charge in [0.2, 0.25) is 5.91 Å². The maximum absolute atomic E-state index is 12.0. The number of anilines is 1. The highest BCUT2D eigenvalue weighted by atomic mass is 16.5. The number of benzene rings is 1. The van der Waals surface area contributed by atoms with Gasteiger partial charge in [-0.15, -0.1) is 0 Å². The second kappa shape index (κ2) is 7.04. The molecule has 0 aromatic heterocycles. The summed E-state index contributed by atoms with van der Waals surface area (Å²) < 4.78 is 5.19. The first-order valence-electron chi connectivity index (χ1n) is 6.98. The van der Waals surface area contributed by atoms with Gasteiger partial charge in [0, 0.05) is 19.2 Å². The van der Waals surface area contributed by atoms with Gasteiger partial charge < -0.3 is 20.5 Å². The molecular formula is C15H18N2O5. The zero-order valence-corrected chi connectivity index (χ0v) is 12.2. The molecule has 2 atom stereocenters. The van der Waals surface area contributed by atoms with Crippen LogP contribution < -0.4 is 10.6 Å². The molecule has 0 unspecified atom stereocenters. The molecule has 1 aliphatic rings. The predicted octanol–water partition coefficient (Wildman–Crippen LogP) is 0.893. The van der Waals surface area contributed by atoms with Crippen molar-refractivity contribution in [3.05, 3.63) is 29.8 Å². The van der Waals surface area contributed by atoms with Gasteiger partial charge in [-0.25, -0.2) is 4.79 Å². The zero-order valence-electron chi connectivity index (χ0n) is 12.2. The molecule has 1 aromatic carbocycles. The van der Waals surface area contributed by atoms with E-state index in [1.807, 2.05) is 0 Å². The van der Waals surface area contributed by atoms with Crippen LogP contribution in [0.2, 0.25) is 0 Å². The minimum absolute atomic E-state index is 0.108. The summed E-state index contributed by atoms with van der Waals surface area (Å²) in [5.41, 5.74) is 1.51. The van der Waals surface area contributed by atoms with Crippen LogP contribution >= 0.6 is 0 Å². The van der Waals surface area contributed by atoms with Crippen molar-refractivity contribution in [2.24, 2.45) is 0 Å². The third-order valence-electron chi connectivity index (χ3n) is 3.35. The highest BCUT2D eigenvalue weighted by Crippen LogP contribution is 2.21. The molecule has 22 heavy (non-hydrogen) atoms. The van der Waals surface area contributed by atoms with Crippen molar-refractivity contribution in [2.75, 3.05) is 5.32 Å². The summed E-state index contributed by atoms with van der Waals surface area (Å²) in [6.07, 6.45) is -0.914. The number of ether oxygens (including phenoxy) is 1. The van der Waals surface area contributed by atoms with Crippen LogP contribution in [0.15, 0.2) is 24.3 Å². The Kier molecular flexibility index (Phi) is 5.11. The van der Waals surface area contributed by atoms with Crippen LogP contribution in [-0.4, -0.2) is 35.1 Å². The average molecular weight is 306 g/mol. The smallest absolute Gasteiger partial charge is 0.332 e. The molecule has 1 fully saturated rings. The van der Waals surface area contributed by atoms with Crippen molar-refractivity contribution in [3.8, 4) is 0 Å². The number of nitrogens with one attached hydrogen (secondary N) is 2. The minimum Gasteiger partial charge on any atom is -0.479 e. The number of hydrogen-bond donors (Lipinski definition) is 3. The molecule has 0 saturated carbocycles. The molecule has 1 heterocycles. The third-order valence-corrected chi connectivity index (χ3v) is 3.35. The van der Waals surface area contributed by atoms with Crippen LogP contribution in [0.5, 0.6) is 0 Å².